The highest BCUT2D eigenvalue weighted by Gasteiger charge is 2.05. The molecule has 0 bridgehead atoms. The molecule has 0 aliphatic carbocycles. The molecule has 0 spiro atoms. The van der Waals surface area contributed by atoms with E-state index < -0.39 is 0 Å². The Morgan fingerprint density at radius 3 is 2.54 bits per heavy atom. The fourth-order valence-corrected chi connectivity index (χ4v) is 1.03. The molecule has 0 amide bonds. The van der Waals surface area contributed by atoms with Gasteiger partial charge in [0.05, 0.1) is 0 Å². The van der Waals surface area contributed by atoms with Crippen LogP contribution in [-0.2, 0) is 0 Å². The molecule has 0 aromatic heterocycles. The molecule has 0 aliphatic heterocycles. The lowest BCUT2D eigenvalue weighted by atomic mass is 10.1. The number of hydrogen-bond acceptors (Lipinski definition) is 0. The summed E-state index contributed by atoms with van der Waals surface area (Å²) < 4.78 is 0. The van der Waals surface area contributed by atoms with E-state index in [1.165, 1.54) is 0 Å². The highest BCUT2D eigenvalue weighted by molar-refractivity contribution is 5.53. The summed E-state index contributed by atoms with van der Waals surface area (Å²) in [7, 11) is 0. The molecule has 1 aromatic carbocycles. The first-order valence-corrected chi connectivity index (χ1v) is 4.34. The van der Waals surface area contributed by atoms with Gasteiger partial charge in [-0.25, -0.2) is 6.57 Å². The van der Waals surface area contributed by atoms with Crippen LogP contribution in [0.3, 0.4) is 0 Å². The molecule has 1 aromatic rings. The monoisotopic (exact) mass is 171 g/mol. The molecule has 0 radical (unpaired) electrons. The van der Waals surface area contributed by atoms with Crippen LogP contribution < -0.4 is 0 Å². The van der Waals surface area contributed by atoms with Crippen molar-refractivity contribution in [1.29, 1.82) is 0 Å². The Morgan fingerprint density at radius 1 is 1.38 bits per heavy atom. The first-order valence-electron chi connectivity index (χ1n) is 4.34. The first kappa shape index (κ1) is 9.54. The summed E-state index contributed by atoms with van der Waals surface area (Å²) in [6.07, 6.45) is 2.06. The van der Waals surface area contributed by atoms with Gasteiger partial charge in [-0.1, -0.05) is 30.3 Å². The minimum Gasteiger partial charge on any atom is -0.309 e. The van der Waals surface area contributed by atoms with Crippen molar-refractivity contribution in [3.05, 3.63) is 52.9 Å². The van der Waals surface area contributed by atoms with Gasteiger partial charge in [-0.3, -0.25) is 0 Å². The van der Waals surface area contributed by atoms with Crippen LogP contribution in [0.4, 0.5) is 0 Å². The Bertz CT molecular complexity index is 330. The second kappa shape index (κ2) is 4.47. The molecule has 0 saturated heterocycles. The van der Waals surface area contributed by atoms with Gasteiger partial charge in [0.1, 0.15) is 0 Å². The summed E-state index contributed by atoms with van der Waals surface area (Å²) in [5, 5.41) is 0. The lowest BCUT2D eigenvalue weighted by molar-refractivity contribution is 1.01. The number of benzene rings is 1. The van der Waals surface area contributed by atoms with Crippen molar-refractivity contribution in [1.82, 2.24) is 0 Å². The quantitative estimate of drug-likeness (QED) is 0.601. The fraction of sp³-hybridized carbons (Fsp3) is 0.250. The lowest BCUT2D eigenvalue weighted by Crippen LogP contribution is -1.95. The van der Waals surface area contributed by atoms with Crippen LogP contribution >= 0.6 is 0 Å². The molecule has 1 nitrogen and oxygen atoms in total. The van der Waals surface area contributed by atoms with Crippen LogP contribution in [0.1, 0.15) is 19.4 Å². The van der Waals surface area contributed by atoms with Crippen LogP contribution in [0.15, 0.2) is 35.9 Å². The van der Waals surface area contributed by atoms with Crippen LogP contribution in [0, 0.1) is 6.57 Å². The fourth-order valence-electron chi connectivity index (χ4n) is 1.03. The van der Waals surface area contributed by atoms with Crippen LogP contribution in [0.25, 0.3) is 10.9 Å². The maximum atomic E-state index is 6.89. The van der Waals surface area contributed by atoms with Crippen molar-refractivity contribution in [2.75, 3.05) is 0 Å². The lowest BCUT2D eigenvalue weighted by Gasteiger charge is -1.98. The molecular formula is C12H13N. The van der Waals surface area contributed by atoms with E-state index in [4.69, 9.17) is 6.57 Å². The minimum absolute atomic E-state index is 0.0137. The third-order valence-electron chi connectivity index (χ3n) is 2.05. The largest absolute Gasteiger partial charge is 0.309 e. The highest BCUT2D eigenvalue weighted by Crippen LogP contribution is 2.11. The second-order valence-electron chi connectivity index (χ2n) is 3.10. The van der Waals surface area contributed by atoms with Gasteiger partial charge < -0.3 is 4.85 Å². The van der Waals surface area contributed by atoms with Gasteiger partial charge in [0.2, 0.25) is 6.04 Å². The Labute approximate surface area is 79.5 Å². The normalized spacial score (nSPS) is 13.5. The Hall–Kier alpha value is -1.55. The van der Waals surface area contributed by atoms with Crippen molar-refractivity contribution in [2.45, 2.75) is 19.9 Å². The summed E-state index contributed by atoms with van der Waals surface area (Å²) in [4.78, 5) is 3.47. The first-order chi connectivity index (χ1) is 6.24. The van der Waals surface area contributed by atoms with Gasteiger partial charge in [-0.2, -0.15) is 0 Å². The Balaban J connectivity index is 2.84. The van der Waals surface area contributed by atoms with Crippen LogP contribution in [0.2, 0.25) is 0 Å². The molecule has 0 saturated carbocycles. The van der Waals surface area contributed by atoms with Crippen molar-refractivity contribution >= 4 is 6.08 Å². The van der Waals surface area contributed by atoms with E-state index in [1.807, 2.05) is 44.2 Å². The molecule has 0 aliphatic rings. The third kappa shape index (κ3) is 2.76. The summed E-state index contributed by atoms with van der Waals surface area (Å²) in [5.74, 6) is 0. The zero-order chi connectivity index (χ0) is 9.68. The highest BCUT2D eigenvalue weighted by atomic mass is 14.7. The van der Waals surface area contributed by atoms with Crippen molar-refractivity contribution in [2.24, 2.45) is 0 Å². The minimum atomic E-state index is -0.0137. The van der Waals surface area contributed by atoms with Gasteiger partial charge in [0.15, 0.2) is 0 Å². The molecule has 66 valence electrons. The Morgan fingerprint density at radius 2 is 2.00 bits per heavy atom. The van der Waals surface area contributed by atoms with E-state index in [9.17, 15) is 0 Å². The van der Waals surface area contributed by atoms with E-state index in [2.05, 4.69) is 10.9 Å². The molecule has 0 N–H and O–H groups in total. The van der Waals surface area contributed by atoms with Crippen molar-refractivity contribution in [3.8, 4) is 0 Å². The molecule has 0 heterocycles. The molecule has 1 unspecified atom stereocenters. The SMILES string of the molecule is [C-]#[N+]C(C)/C(C)=C/c1ccccc1. The van der Waals surface area contributed by atoms with E-state index in [0.717, 1.165) is 11.1 Å². The van der Waals surface area contributed by atoms with Crippen LogP contribution in [0.5, 0.6) is 0 Å². The zero-order valence-electron chi connectivity index (χ0n) is 7.99. The average Bonchev–Trinajstić information content (AvgIpc) is 2.18. The van der Waals surface area contributed by atoms with E-state index >= 15 is 0 Å². The zero-order valence-corrected chi connectivity index (χ0v) is 7.99. The maximum Gasteiger partial charge on any atom is 0.242 e. The summed E-state index contributed by atoms with van der Waals surface area (Å²) in [6, 6.07) is 10.1. The van der Waals surface area contributed by atoms with E-state index in [-0.39, 0.29) is 6.04 Å². The second-order valence-corrected chi connectivity index (χ2v) is 3.10. The number of rotatable bonds is 2. The molecular weight excluding hydrogens is 158 g/mol. The summed E-state index contributed by atoms with van der Waals surface area (Å²) in [5.41, 5.74) is 2.27. The Kier molecular flexibility index (Phi) is 3.28. The molecule has 0 fully saturated rings. The van der Waals surface area contributed by atoms with Gasteiger partial charge in [0.25, 0.3) is 0 Å². The predicted molar refractivity (Wildman–Crippen MR) is 56.2 cm³/mol. The van der Waals surface area contributed by atoms with Crippen molar-refractivity contribution < 1.29 is 0 Å². The molecule has 1 rings (SSSR count). The van der Waals surface area contributed by atoms with E-state index in [0.29, 0.717) is 0 Å². The summed E-state index contributed by atoms with van der Waals surface area (Å²) >= 11 is 0. The summed E-state index contributed by atoms with van der Waals surface area (Å²) in [6.45, 7) is 10.8. The van der Waals surface area contributed by atoms with Gasteiger partial charge >= 0.3 is 0 Å². The molecule has 1 heteroatoms. The van der Waals surface area contributed by atoms with Crippen LogP contribution in [-0.4, -0.2) is 6.04 Å². The topological polar surface area (TPSA) is 4.36 Å². The number of hydrogen-bond donors (Lipinski definition) is 0. The molecule has 1 atom stereocenters. The smallest absolute Gasteiger partial charge is 0.242 e. The van der Waals surface area contributed by atoms with Gasteiger partial charge in [-0.05, 0) is 18.6 Å². The maximum absolute atomic E-state index is 6.89. The molecule has 13 heavy (non-hydrogen) atoms. The van der Waals surface area contributed by atoms with E-state index in [1.54, 1.807) is 0 Å². The predicted octanol–water partition coefficient (Wildman–Crippen LogP) is 3.40. The van der Waals surface area contributed by atoms with Crippen molar-refractivity contribution in [3.63, 3.8) is 0 Å². The third-order valence-corrected chi connectivity index (χ3v) is 2.05. The average molecular weight is 171 g/mol. The number of nitrogens with zero attached hydrogens (tertiary/aromatic N) is 1. The standard InChI is InChI=1S/C12H13N/c1-10(11(2)13-3)9-12-7-5-4-6-8-12/h4-9,11H,1-2H3/b10-9+. The van der Waals surface area contributed by atoms with Gasteiger partial charge in [0, 0.05) is 12.5 Å². The van der Waals surface area contributed by atoms with Gasteiger partial charge in [-0.15, -0.1) is 0 Å².